The number of nitrogens with two attached hydrogens (primary N) is 1. The van der Waals surface area contributed by atoms with Crippen molar-refractivity contribution in [3.05, 3.63) is 0 Å². The highest BCUT2D eigenvalue weighted by molar-refractivity contribution is 5.19. The molecule has 2 nitrogen and oxygen atoms in total. The van der Waals surface area contributed by atoms with Crippen molar-refractivity contribution >= 4 is 0 Å². The fourth-order valence-corrected chi connectivity index (χ4v) is 3.35. The lowest BCUT2D eigenvalue weighted by molar-refractivity contribution is 0.172. The first-order valence-electron chi connectivity index (χ1n) is 5.87. The van der Waals surface area contributed by atoms with Crippen LogP contribution in [0.2, 0.25) is 0 Å². The average Bonchev–Trinajstić information content (AvgIpc) is 2.42. The molecular formula is C12H24N2. The van der Waals surface area contributed by atoms with Gasteiger partial charge in [-0.15, -0.1) is 0 Å². The Morgan fingerprint density at radius 2 is 1.71 bits per heavy atom. The third-order valence-corrected chi connectivity index (χ3v) is 4.80. The van der Waals surface area contributed by atoms with Crippen molar-refractivity contribution < 1.29 is 0 Å². The van der Waals surface area contributed by atoms with Crippen molar-refractivity contribution in [2.75, 3.05) is 13.1 Å². The normalized spacial score (nSPS) is 37.1. The van der Waals surface area contributed by atoms with E-state index in [1.807, 2.05) is 0 Å². The topological polar surface area (TPSA) is 29.3 Å². The molecule has 2 fully saturated rings. The van der Waals surface area contributed by atoms with Crippen molar-refractivity contribution in [1.29, 1.82) is 0 Å². The van der Waals surface area contributed by atoms with Crippen LogP contribution >= 0.6 is 0 Å². The van der Waals surface area contributed by atoms with Crippen LogP contribution in [0.3, 0.4) is 0 Å². The van der Waals surface area contributed by atoms with E-state index in [1.165, 1.54) is 19.4 Å². The Morgan fingerprint density at radius 3 is 2.14 bits per heavy atom. The van der Waals surface area contributed by atoms with Gasteiger partial charge in [-0.3, -0.25) is 4.90 Å². The van der Waals surface area contributed by atoms with Gasteiger partial charge in [0.15, 0.2) is 0 Å². The molecule has 1 unspecified atom stereocenters. The SMILES string of the molecule is CC1(C)C(N2CCCC(N)C2)C1(C)C. The van der Waals surface area contributed by atoms with Gasteiger partial charge in [-0.2, -0.15) is 0 Å². The van der Waals surface area contributed by atoms with Crippen molar-refractivity contribution in [3.8, 4) is 0 Å². The number of hydrogen-bond acceptors (Lipinski definition) is 2. The molecule has 0 amide bonds. The number of piperidine rings is 1. The molecule has 0 radical (unpaired) electrons. The van der Waals surface area contributed by atoms with E-state index in [4.69, 9.17) is 5.73 Å². The lowest BCUT2D eigenvalue weighted by atomic mass is 10.0. The van der Waals surface area contributed by atoms with Crippen LogP contribution < -0.4 is 5.73 Å². The largest absolute Gasteiger partial charge is 0.327 e. The minimum atomic E-state index is 0.413. The number of nitrogens with zero attached hydrogens (tertiary/aromatic N) is 1. The van der Waals surface area contributed by atoms with Crippen LogP contribution in [0.15, 0.2) is 0 Å². The van der Waals surface area contributed by atoms with Crippen LogP contribution in [0, 0.1) is 10.8 Å². The molecule has 2 N–H and O–H groups in total. The van der Waals surface area contributed by atoms with Gasteiger partial charge in [0.05, 0.1) is 0 Å². The molecule has 2 heteroatoms. The van der Waals surface area contributed by atoms with Crippen molar-refractivity contribution in [2.24, 2.45) is 16.6 Å². The molecule has 2 aliphatic rings. The van der Waals surface area contributed by atoms with Gasteiger partial charge >= 0.3 is 0 Å². The van der Waals surface area contributed by atoms with Crippen LogP contribution in [0.5, 0.6) is 0 Å². The second-order valence-corrected chi connectivity index (χ2v) is 6.24. The molecule has 14 heavy (non-hydrogen) atoms. The molecule has 0 bridgehead atoms. The van der Waals surface area contributed by atoms with E-state index in [9.17, 15) is 0 Å². The summed E-state index contributed by atoms with van der Waals surface area (Å²) in [4.78, 5) is 2.62. The molecule has 1 saturated heterocycles. The zero-order valence-electron chi connectivity index (χ0n) is 10.0. The van der Waals surface area contributed by atoms with E-state index in [1.54, 1.807) is 0 Å². The number of hydrogen-bond donors (Lipinski definition) is 1. The summed E-state index contributed by atoms with van der Waals surface area (Å²) < 4.78 is 0. The molecule has 0 aromatic carbocycles. The Morgan fingerprint density at radius 1 is 1.14 bits per heavy atom. The third kappa shape index (κ3) is 1.31. The molecule has 1 heterocycles. The summed E-state index contributed by atoms with van der Waals surface area (Å²) >= 11 is 0. The maximum atomic E-state index is 6.03. The van der Waals surface area contributed by atoms with Gasteiger partial charge in [0, 0.05) is 18.6 Å². The first-order valence-corrected chi connectivity index (χ1v) is 5.87. The quantitative estimate of drug-likeness (QED) is 0.693. The summed E-state index contributed by atoms with van der Waals surface area (Å²) in [5.74, 6) is 0. The molecule has 1 atom stereocenters. The highest BCUT2D eigenvalue weighted by Gasteiger charge is 2.66. The van der Waals surface area contributed by atoms with E-state index in [0.29, 0.717) is 16.9 Å². The minimum Gasteiger partial charge on any atom is -0.327 e. The first-order chi connectivity index (χ1) is 6.37. The average molecular weight is 196 g/mol. The summed E-state index contributed by atoms with van der Waals surface area (Å²) in [5, 5.41) is 0. The second-order valence-electron chi connectivity index (χ2n) is 6.24. The van der Waals surface area contributed by atoms with Gasteiger partial charge in [-0.25, -0.2) is 0 Å². The second kappa shape index (κ2) is 2.96. The van der Waals surface area contributed by atoms with E-state index < -0.39 is 0 Å². The molecule has 1 saturated carbocycles. The Kier molecular flexibility index (Phi) is 2.20. The molecule has 0 spiro atoms. The predicted molar refractivity (Wildman–Crippen MR) is 60.1 cm³/mol. The Hall–Kier alpha value is -0.0800. The van der Waals surface area contributed by atoms with Crippen LogP contribution in [0.25, 0.3) is 0 Å². The lowest BCUT2D eigenvalue weighted by Gasteiger charge is -2.32. The molecule has 1 aliphatic heterocycles. The van der Waals surface area contributed by atoms with Gasteiger partial charge in [-0.05, 0) is 30.2 Å². The van der Waals surface area contributed by atoms with Crippen molar-refractivity contribution in [3.63, 3.8) is 0 Å². The van der Waals surface area contributed by atoms with E-state index in [-0.39, 0.29) is 0 Å². The Labute approximate surface area is 87.8 Å². The highest BCUT2D eigenvalue weighted by Crippen LogP contribution is 2.65. The van der Waals surface area contributed by atoms with Gasteiger partial charge in [0.25, 0.3) is 0 Å². The van der Waals surface area contributed by atoms with E-state index >= 15 is 0 Å². The van der Waals surface area contributed by atoms with Crippen LogP contribution in [0.1, 0.15) is 40.5 Å². The smallest absolute Gasteiger partial charge is 0.0210 e. The fourth-order valence-electron chi connectivity index (χ4n) is 3.35. The van der Waals surface area contributed by atoms with E-state index in [2.05, 4.69) is 32.6 Å². The van der Waals surface area contributed by atoms with Gasteiger partial charge in [0.2, 0.25) is 0 Å². The first kappa shape index (κ1) is 10.4. The Bertz CT molecular complexity index is 218. The molecule has 0 aromatic heterocycles. The van der Waals surface area contributed by atoms with Crippen molar-refractivity contribution in [2.45, 2.75) is 52.6 Å². The number of rotatable bonds is 1. The standard InChI is InChI=1S/C12H24N2/c1-11(2)10(12(11,3)4)14-7-5-6-9(13)8-14/h9-10H,5-8,13H2,1-4H3. The highest BCUT2D eigenvalue weighted by atomic mass is 15.2. The molecule has 0 aromatic rings. The summed E-state index contributed by atoms with van der Waals surface area (Å²) in [7, 11) is 0. The van der Waals surface area contributed by atoms with Gasteiger partial charge in [-0.1, -0.05) is 27.7 Å². The summed E-state index contributed by atoms with van der Waals surface area (Å²) in [6.45, 7) is 11.9. The summed E-state index contributed by atoms with van der Waals surface area (Å²) in [6, 6.07) is 1.16. The lowest BCUT2D eigenvalue weighted by Crippen LogP contribution is -2.45. The molecule has 2 rings (SSSR count). The predicted octanol–water partition coefficient (Wildman–Crippen LogP) is 1.84. The van der Waals surface area contributed by atoms with Crippen LogP contribution in [-0.4, -0.2) is 30.1 Å². The Balaban J connectivity index is 2.04. The third-order valence-electron chi connectivity index (χ3n) is 4.80. The molecular weight excluding hydrogens is 172 g/mol. The van der Waals surface area contributed by atoms with Crippen LogP contribution in [0.4, 0.5) is 0 Å². The molecule has 82 valence electrons. The number of likely N-dealkylation sites (tertiary alicyclic amines) is 1. The monoisotopic (exact) mass is 196 g/mol. The van der Waals surface area contributed by atoms with Gasteiger partial charge < -0.3 is 5.73 Å². The minimum absolute atomic E-state index is 0.413. The zero-order chi connectivity index (χ0) is 10.6. The summed E-state index contributed by atoms with van der Waals surface area (Å²) in [5.41, 5.74) is 6.98. The van der Waals surface area contributed by atoms with Crippen LogP contribution in [-0.2, 0) is 0 Å². The zero-order valence-corrected chi connectivity index (χ0v) is 10.0. The van der Waals surface area contributed by atoms with Crippen molar-refractivity contribution in [1.82, 2.24) is 4.90 Å². The molecule has 1 aliphatic carbocycles. The maximum Gasteiger partial charge on any atom is 0.0210 e. The summed E-state index contributed by atoms with van der Waals surface area (Å²) in [6.07, 6.45) is 2.49. The van der Waals surface area contributed by atoms with Gasteiger partial charge in [0.1, 0.15) is 0 Å². The fraction of sp³-hybridized carbons (Fsp3) is 1.00. The van der Waals surface area contributed by atoms with E-state index in [0.717, 1.165) is 12.6 Å². The maximum absolute atomic E-state index is 6.03.